The van der Waals surface area contributed by atoms with Gasteiger partial charge in [0.05, 0.1) is 37.8 Å². The number of pyridine rings is 2. The van der Waals surface area contributed by atoms with E-state index >= 15 is 0 Å². The molecule has 0 radical (unpaired) electrons. The summed E-state index contributed by atoms with van der Waals surface area (Å²) in [6.07, 6.45) is 8.19. The van der Waals surface area contributed by atoms with Crippen LogP contribution in [0, 0.1) is 12.8 Å². The van der Waals surface area contributed by atoms with Crippen molar-refractivity contribution >= 4 is 23.3 Å². The maximum atomic E-state index is 13.3. The van der Waals surface area contributed by atoms with Gasteiger partial charge in [-0.15, -0.1) is 0 Å². The molecule has 4 aromatic rings. The third-order valence-electron chi connectivity index (χ3n) is 6.73. The first-order valence-electron chi connectivity index (χ1n) is 13.0. The Balaban J connectivity index is 1.36. The number of anilines is 1. The van der Waals surface area contributed by atoms with E-state index in [9.17, 15) is 9.59 Å². The lowest BCUT2D eigenvalue weighted by Crippen LogP contribution is -2.25. The molecule has 39 heavy (non-hydrogen) atoms. The van der Waals surface area contributed by atoms with Crippen LogP contribution in [0.5, 0.6) is 11.6 Å². The van der Waals surface area contributed by atoms with E-state index in [-0.39, 0.29) is 29.8 Å². The zero-order valence-corrected chi connectivity index (χ0v) is 22.2. The summed E-state index contributed by atoms with van der Waals surface area (Å²) in [7, 11) is 1.48. The van der Waals surface area contributed by atoms with E-state index in [1.54, 1.807) is 35.1 Å². The molecule has 2 amide bonds. The van der Waals surface area contributed by atoms with Crippen molar-refractivity contribution in [3.63, 3.8) is 0 Å². The topological polar surface area (TPSA) is 133 Å². The van der Waals surface area contributed by atoms with E-state index in [1.165, 1.54) is 39.7 Å². The van der Waals surface area contributed by atoms with Crippen LogP contribution in [0.1, 0.15) is 54.4 Å². The van der Waals surface area contributed by atoms with Crippen molar-refractivity contribution in [2.24, 2.45) is 5.92 Å². The second-order valence-electron chi connectivity index (χ2n) is 9.60. The number of nitrogens with zero attached hydrogens (tertiary/aromatic N) is 5. The monoisotopic (exact) mass is 529 g/mol. The number of aromatic nitrogens is 5. The summed E-state index contributed by atoms with van der Waals surface area (Å²) >= 11 is 0. The van der Waals surface area contributed by atoms with Crippen molar-refractivity contribution < 1.29 is 19.1 Å². The van der Waals surface area contributed by atoms with Crippen molar-refractivity contribution in [1.82, 2.24) is 29.9 Å². The Hall–Kier alpha value is -4.54. The van der Waals surface area contributed by atoms with Gasteiger partial charge in [-0.3, -0.25) is 14.6 Å². The molecule has 0 unspecified atom stereocenters. The Morgan fingerprint density at radius 1 is 1.15 bits per heavy atom. The predicted octanol–water partition coefficient (Wildman–Crippen LogP) is 3.96. The van der Waals surface area contributed by atoms with Gasteiger partial charge >= 0.3 is 0 Å². The van der Waals surface area contributed by atoms with Gasteiger partial charge in [-0.1, -0.05) is 12.8 Å². The van der Waals surface area contributed by atoms with Gasteiger partial charge in [-0.05, 0) is 56.0 Å². The molecular weight excluding hydrogens is 498 g/mol. The summed E-state index contributed by atoms with van der Waals surface area (Å²) in [4.78, 5) is 38.0. The summed E-state index contributed by atoms with van der Waals surface area (Å²) in [6.45, 7) is 4.09. The smallest absolute Gasteiger partial charge is 0.257 e. The molecule has 4 heterocycles. The van der Waals surface area contributed by atoms with E-state index in [2.05, 4.69) is 30.7 Å². The summed E-state index contributed by atoms with van der Waals surface area (Å²) in [5.41, 5.74) is 3.39. The van der Waals surface area contributed by atoms with Crippen LogP contribution in [0.25, 0.3) is 16.9 Å². The Labute approximate surface area is 226 Å². The highest BCUT2D eigenvalue weighted by Crippen LogP contribution is 2.28. The third kappa shape index (κ3) is 5.97. The molecular formula is C28H31N7O4. The van der Waals surface area contributed by atoms with Gasteiger partial charge in [0.25, 0.3) is 5.91 Å². The van der Waals surface area contributed by atoms with Crippen molar-refractivity contribution in [2.45, 2.75) is 46.1 Å². The fourth-order valence-electron chi connectivity index (χ4n) is 4.76. The average molecular weight is 530 g/mol. The number of nitrogens with one attached hydrogen (secondary N) is 2. The molecule has 0 atom stereocenters. The third-order valence-corrected chi connectivity index (χ3v) is 6.73. The number of methoxy groups -OCH3 is 1. The summed E-state index contributed by atoms with van der Waals surface area (Å²) in [6, 6.07) is 9.00. The first-order valence-corrected chi connectivity index (χ1v) is 13.0. The zero-order chi connectivity index (χ0) is 27.4. The van der Waals surface area contributed by atoms with Crippen LogP contribution >= 0.6 is 0 Å². The van der Waals surface area contributed by atoms with E-state index in [4.69, 9.17) is 9.47 Å². The maximum Gasteiger partial charge on any atom is 0.257 e. The van der Waals surface area contributed by atoms with E-state index in [0.29, 0.717) is 52.4 Å². The van der Waals surface area contributed by atoms with E-state index in [0.717, 1.165) is 0 Å². The van der Waals surface area contributed by atoms with Crippen LogP contribution in [0.4, 0.5) is 5.82 Å². The number of carbonyl (C=O) groups excluding carboxylic acids is 2. The lowest BCUT2D eigenvalue weighted by molar-refractivity contribution is -0.114. The second kappa shape index (κ2) is 11.5. The molecule has 11 nitrogen and oxygen atoms in total. The molecule has 1 aliphatic carbocycles. The number of rotatable bonds is 9. The van der Waals surface area contributed by atoms with Crippen LogP contribution in [-0.4, -0.2) is 50.1 Å². The highest BCUT2D eigenvalue weighted by atomic mass is 16.5. The first kappa shape index (κ1) is 26.1. The fourth-order valence-corrected chi connectivity index (χ4v) is 4.76. The van der Waals surface area contributed by atoms with Crippen LogP contribution < -0.4 is 20.1 Å². The van der Waals surface area contributed by atoms with Crippen molar-refractivity contribution in [3.05, 3.63) is 59.7 Å². The molecule has 11 heteroatoms. The summed E-state index contributed by atoms with van der Waals surface area (Å²) in [5, 5.41) is 10.2. The molecule has 0 spiro atoms. The minimum atomic E-state index is -0.357. The minimum Gasteiger partial charge on any atom is -0.491 e. The minimum absolute atomic E-state index is 0.192. The van der Waals surface area contributed by atoms with E-state index < -0.39 is 0 Å². The van der Waals surface area contributed by atoms with Crippen LogP contribution in [-0.2, 0) is 11.3 Å². The SMILES string of the molecule is COc1nc(C)c(-c2ccc3nc(NC(C)=O)cn3n2)cc1C(=O)NCc1ncccc1OCC1CCCC1. The number of imidazole rings is 1. The summed E-state index contributed by atoms with van der Waals surface area (Å²) in [5.74, 6) is 1.28. The highest BCUT2D eigenvalue weighted by Gasteiger charge is 2.20. The average Bonchev–Trinajstić information content (AvgIpc) is 3.59. The Bertz CT molecular complexity index is 1510. The highest BCUT2D eigenvalue weighted by molar-refractivity contribution is 5.97. The molecule has 0 aromatic carbocycles. The van der Waals surface area contributed by atoms with Crippen molar-refractivity contribution in [3.8, 4) is 22.9 Å². The van der Waals surface area contributed by atoms with Gasteiger partial charge in [-0.25, -0.2) is 14.5 Å². The van der Waals surface area contributed by atoms with Gasteiger partial charge in [0, 0.05) is 18.7 Å². The molecule has 5 rings (SSSR count). The van der Waals surface area contributed by atoms with Gasteiger partial charge in [0.15, 0.2) is 11.5 Å². The van der Waals surface area contributed by atoms with Crippen LogP contribution in [0.15, 0.2) is 42.7 Å². The first-order chi connectivity index (χ1) is 18.9. The van der Waals surface area contributed by atoms with Crippen LogP contribution in [0.2, 0.25) is 0 Å². The predicted molar refractivity (Wildman–Crippen MR) is 145 cm³/mol. The molecule has 202 valence electrons. The second-order valence-corrected chi connectivity index (χ2v) is 9.60. The molecule has 0 aliphatic heterocycles. The number of aryl methyl sites for hydroxylation is 1. The molecule has 4 aromatic heterocycles. The fraction of sp³-hybridized carbons (Fsp3) is 0.357. The molecule has 1 fully saturated rings. The molecule has 1 saturated carbocycles. The number of carbonyl (C=O) groups is 2. The van der Waals surface area contributed by atoms with Crippen molar-refractivity contribution in [2.75, 3.05) is 19.0 Å². The molecule has 0 bridgehead atoms. The number of hydrogen-bond acceptors (Lipinski definition) is 8. The quantitative estimate of drug-likeness (QED) is 0.333. The molecule has 0 saturated heterocycles. The molecule has 2 N–H and O–H groups in total. The normalized spacial score (nSPS) is 13.4. The number of amides is 2. The lowest BCUT2D eigenvalue weighted by atomic mass is 10.1. The largest absolute Gasteiger partial charge is 0.491 e. The van der Waals surface area contributed by atoms with E-state index in [1.807, 2.05) is 19.1 Å². The lowest BCUT2D eigenvalue weighted by Gasteiger charge is -2.15. The Kier molecular flexibility index (Phi) is 7.67. The number of ether oxygens (including phenoxy) is 2. The maximum absolute atomic E-state index is 13.3. The Morgan fingerprint density at radius 2 is 1.97 bits per heavy atom. The van der Waals surface area contributed by atoms with Gasteiger partial charge in [0.2, 0.25) is 11.8 Å². The number of hydrogen-bond donors (Lipinski definition) is 2. The zero-order valence-electron chi connectivity index (χ0n) is 22.2. The van der Waals surface area contributed by atoms with Crippen molar-refractivity contribution in [1.29, 1.82) is 0 Å². The van der Waals surface area contributed by atoms with Crippen LogP contribution in [0.3, 0.4) is 0 Å². The summed E-state index contributed by atoms with van der Waals surface area (Å²) < 4.78 is 13.1. The number of fused-ring (bicyclic) bond motifs is 1. The Morgan fingerprint density at radius 3 is 2.74 bits per heavy atom. The standard InChI is InChI=1S/C28H31N7O4/c1-17-20(22-10-11-26-33-25(32-18(2)36)15-35(26)34-22)13-21(28(31-17)38-3)27(37)30-14-23-24(9-6-12-29-23)39-16-19-7-4-5-8-19/h6,9-13,15,19H,4-5,7-8,14,16H2,1-3H3,(H,30,37)(H,32,36). The van der Waals surface area contributed by atoms with Gasteiger partial charge in [-0.2, -0.15) is 5.10 Å². The van der Waals surface area contributed by atoms with Gasteiger partial charge < -0.3 is 20.1 Å². The van der Waals surface area contributed by atoms with Gasteiger partial charge in [0.1, 0.15) is 17.0 Å². The molecule has 1 aliphatic rings.